The number of nitrogens with one attached hydrogen (secondary N) is 1. The van der Waals surface area contributed by atoms with E-state index in [-0.39, 0.29) is 16.4 Å². The van der Waals surface area contributed by atoms with Gasteiger partial charge < -0.3 is 4.98 Å². The van der Waals surface area contributed by atoms with Gasteiger partial charge in [-0.05, 0) is 19.2 Å². The van der Waals surface area contributed by atoms with Gasteiger partial charge in [0.15, 0.2) is 16.8 Å². The highest BCUT2D eigenvalue weighted by Crippen LogP contribution is 2.27. The molecular weight excluding hydrogens is 277 g/mol. The molecule has 0 saturated carbocycles. The molecule has 0 atom stereocenters. The largest absolute Gasteiger partial charge is 0.301 e. The summed E-state index contributed by atoms with van der Waals surface area (Å²) >= 11 is 1.15. The molecule has 0 saturated heterocycles. The van der Waals surface area contributed by atoms with E-state index in [0.29, 0.717) is 6.07 Å². The van der Waals surface area contributed by atoms with E-state index in [1.54, 1.807) is 6.26 Å². The van der Waals surface area contributed by atoms with E-state index >= 15 is 0 Å². The first-order chi connectivity index (χ1) is 8.93. The molecule has 19 heavy (non-hydrogen) atoms. The van der Waals surface area contributed by atoms with Gasteiger partial charge in [0.25, 0.3) is 5.56 Å². The minimum atomic E-state index is -1.24. The highest BCUT2D eigenvalue weighted by Gasteiger charge is 2.18. The summed E-state index contributed by atoms with van der Waals surface area (Å²) in [7, 11) is 0. The lowest BCUT2D eigenvalue weighted by Crippen LogP contribution is -2.09. The first kappa shape index (κ1) is 13.7. The van der Waals surface area contributed by atoms with E-state index in [2.05, 4.69) is 9.97 Å². The number of nitrogens with zero attached hydrogens (tertiary/aromatic N) is 1. The number of thioether (sulfide) groups is 1. The minimum absolute atomic E-state index is 0.0346. The van der Waals surface area contributed by atoms with Crippen molar-refractivity contribution in [1.29, 1.82) is 0 Å². The van der Waals surface area contributed by atoms with Crippen LogP contribution in [0.1, 0.15) is 5.56 Å². The second-order valence-electron chi connectivity index (χ2n) is 3.80. The zero-order valence-electron chi connectivity index (χ0n) is 10.1. The lowest BCUT2D eigenvalue weighted by Gasteiger charge is -2.07. The Morgan fingerprint density at radius 1 is 1.21 bits per heavy atom. The molecule has 1 N–H and O–H groups in total. The Morgan fingerprint density at radius 3 is 2.53 bits per heavy atom. The molecule has 0 unspecified atom stereocenters. The number of benzene rings is 1. The van der Waals surface area contributed by atoms with Crippen LogP contribution in [0.5, 0.6) is 0 Å². The van der Waals surface area contributed by atoms with Gasteiger partial charge in [-0.3, -0.25) is 4.79 Å². The van der Waals surface area contributed by atoms with Crippen LogP contribution in [0.25, 0.3) is 11.3 Å². The summed E-state index contributed by atoms with van der Waals surface area (Å²) in [6.07, 6.45) is 1.68. The highest BCUT2D eigenvalue weighted by molar-refractivity contribution is 7.98. The maximum atomic E-state index is 13.9. The van der Waals surface area contributed by atoms with E-state index in [1.165, 1.54) is 0 Å². The summed E-state index contributed by atoms with van der Waals surface area (Å²) in [4.78, 5) is 17.8. The Balaban J connectivity index is 2.72. The van der Waals surface area contributed by atoms with Gasteiger partial charge in [-0.15, -0.1) is 0 Å². The zero-order chi connectivity index (χ0) is 14.2. The normalized spacial score (nSPS) is 10.8. The highest BCUT2D eigenvalue weighted by atomic mass is 32.2. The summed E-state index contributed by atoms with van der Waals surface area (Å²) in [5.74, 6) is -3.35. The molecule has 0 bridgehead atoms. The lowest BCUT2D eigenvalue weighted by atomic mass is 10.1. The van der Waals surface area contributed by atoms with Crippen LogP contribution >= 0.6 is 11.8 Å². The molecule has 0 spiro atoms. The van der Waals surface area contributed by atoms with Crippen LogP contribution in [0.15, 0.2) is 22.1 Å². The topological polar surface area (TPSA) is 45.8 Å². The second-order valence-corrected chi connectivity index (χ2v) is 4.59. The van der Waals surface area contributed by atoms with Gasteiger partial charge in [-0.1, -0.05) is 11.8 Å². The van der Waals surface area contributed by atoms with Gasteiger partial charge in [0.1, 0.15) is 5.82 Å². The molecule has 0 aliphatic rings. The average Bonchev–Trinajstić information content (AvgIpc) is 2.39. The van der Waals surface area contributed by atoms with Gasteiger partial charge in [0.2, 0.25) is 0 Å². The van der Waals surface area contributed by atoms with Crippen molar-refractivity contribution in [2.24, 2.45) is 0 Å². The van der Waals surface area contributed by atoms with E-state index in [0.717, 1.165) is 24.8 Å². The molecule has 0 aliphatic carbocycles. The Kier molecular flexibility index (Phi) is 3.66. The fourth-order valence-electron chi connectivity index (χ4n) is 1.59. The third kappa shape index (κ3) is 2.51. The number of halogens is 3. The molecule has 1 heterocycles. The summed E-state index contributed by atoms with van der Waals surface area (Å²) < 4.78 is 40.5. The quantitative estimate of drug-likeness (QED) is 0.524. The van der Waals surface area contributed by atoms with Crippen LogP contribution in [0.2, 0.25) is 0 Å². The molecule has 1 aromatic carbocycles. The second kappa shape index (κ2) is 5.08. The van der Waals surface area contributed by atoms with Crippen molar-refractivity contribution in [3.63, 3.8) is 0 Å². The number of aromatic nitrogens is 2. The molecular formula is C12H9F3N2OS. The maximum absolute atomic E-state index is 13.9. The molecule has 100 valence electrons. The number of rotatable bonds is 2. The van der Waals surface area contributed by atoms with Gasteiger partial charge in [-0.25, -0.2) is 18.2 Å². The van der Waals surface area contributed by atoms with Crippen LogP contribution in [0.3, 0.4) is 0 Å². The Morgan fingerprint density at radius 2 is 1.89 bits per heavy atom. The molecule has 0 fully saturated rings. The number of aromatic amines is 1. The van der Waals surface area contributed by atoms with Crippen molar-refractivity contribution in [3.8, 4) is 11.3 Å². The molecule has 0 aliphatic heterocycles. The molecule has 0 amide bonds. The standard InChI is InChI=1S/C12H9F3N2OS/c1-5-10(14)6(3-7(13)11(5)15)8-4-9(18)17-12(16-8)19-2/h3-4H,1-2H3,(H,16,17,18). The van der Waals surface area contributed by atoms with Crippen LogP contribution in [0.4, 0.5) is 13.2 Å². The molecule has 7 heteroatoms. The number of hydrogen-bond acceptors (Lipinski definition) is 3. The van der Waals surface area contributed by atoms with E-state index < -0.39 is 28.6 Å². The summed E-state index contributed by atoms with van der Waals surface area (Å²) in [6, 6.07) is 1.73. The van der Waals surface area contributed by atoms with Crippen molar-refractivity contribution in [2.75, 3.05) is 6.26 Å². The van der Waals surface area contributed by atoms with Crippen molar-refractivity contribution in [3.05, 3.63) is 45.5 Å². The Bertz CT molecular complexity index is 700. The van der Waals surface area contributed by atoms with Crippen molar-refractivity contribution in [1.82, 2.24) is 9.97 Å². The lowest BCUT2D eigenvalue weighted by molar-refractivity contribution is 0.487. The molecule has 1 aromatic heterocycles. The van der Waals surface area contributed by atoms with Gasteiger partial charge in [0, 0.05) is 17.2 Å². The van der Waals surface area contributed by atoms with Crippen molar-refractivity contribution < 1.29 is 13.2 Å². The van der Waals surface area contributed by atoms with Crippen LogP contribution in [0, 0.1) is 24.4 Å². The monoisotopic (exact) mass is 286 g/mol. The molecule has 2 rings (SSSR count). The van der Waals surface area contributed by atoms with Crippen molar-refractivity contribution in [2.45, 2.75) is 12.1 Å². The Labute approximate surface area is 110 Å². The molecule has 2 aromatic rings. The molecule has 3 nitrogen and oxygen atoms in total. The third-order valence-corrected chi connectivity index (χ3v) is 3.14. The van der Waals surface area contributed by atoms with Crippen LogP contribution in [-0.4, -0.2) is 16.2 Å². The van der Waals surface area contributed by atoms with Gasteiger partial charge >= 0.3 is 0 Å². The SMILES string of the molecule is CSc1nc(-c2cc(F)c(F)c(C)c2F)cc(=O)[nH]1. The fraction of sp³-hybridized carbons (Fsp3) is 0.167. The van der Waals surface area contributed by atoms with Crippen LogP contribution in [-0.2, 0) is 0 Å². The minimum Gasteiger partial charge on any atom is -0.301 e. The van der Waals surface area contributed by atoms with E-state index in [9.17, 15) is 18.0 Å². The summed E-state index contributed by atoms with van der Waals surface area (Å²) in [5, 5.41) is 0.268. The average molecular weight is 286 g/mol. The zero-order valence-corrected chi connectivity index (χ0v) is 10.9. The molecule has 0 radical (unpaired) electrons. The first-order valence-electron chi connectivity index (χ1n) is 5.24. The summed E-state index contributed by atoms with van der Waals surface area (Å²) in [6.45, 7) is 1.12. The van der Waals surface area contributed by atoms with Crippen molar-refractivity contribution >= 4 is 11.8 Å². The predicted molar refractivity (Wildman–Crippen MR) is 66.7 cm³/mol. The number of hydrogen-bond donors (Lipinski definition) is 1. The fourth-order valence-corrected chi connectivity index (χ4v) is 1.98. The van der Waals surface area contributed by atoms with Crippen LogP contribution < -0.4 is 5.56 Å². The Hall–Kier alpha value is -1.76. The number of H-pyrrole nitrogens is 1. The van der Waals surface area contributed by atoms with Gasteiger partial charge in [0.05, 0.1) is 5.69 Å². The third-order valence-electron chi connectivity index (χ3n) is 2.56. The maximum Gasteiger partial charge on any atom is 0.252 e. The smallest absolute Gasteiger partial charge is 0.252 e. The van der Waals surface area contributed by atoms with Gasteiger partial charge in [-0.2, -0.15) is 0 Å². The van der Waals surface area contributed by atoms with E-state index in [4.69, 9.17) is 0 Å². The summed E-state index contributed by atoms with van der Waals surface area (Å²) in [5.41, 5.74) is -1.20. The predicted octanol–water partition coefficient (Wildman–Crippen LogP) is 2.88. The van der Waals surface area contributed by atoms with E-state index in [1.807, 2.05) is 0 Å². The first-order valence-corrected chi connectivity index (χ1v) is 6.46.